The Kier molecular flexibility index (Phi) is 12.5. The Morgan fingerprint density at radius 2 is 1.60 bits per heavy atom. The second kappa shape index (κ2) is 15.5. The van der Waals surface area contributed by atoms with Gasteiger partial charge in [0.15, 0.2) is 0 Å². The SMILES string of the molecule is C=C(C)C(=O)OC(CCO[C@H]1CC[C@@]2(C)C(CCC3C2CC[C@@]2(C)C3CC[C@@H]2[C@H](C)CCCC(C)C)C1)COC(=O)C(=C)CO. The van der Waals surface area contributed by atoms with E-state index in [9.17, 15) is 9.59 Å². The normalized spacial score (nSPS) is 35.5. The van der Waals surface area contributed by atoms with E-state index in [0.717, 1.165) is 48.3 Å². The molecule has 1 N–H and O–H groups in total. The van der Waals surface area contributed by atoms with Crippen molar-refractivity contribution in [2.45, 2.75) is 137 Å². The average molecular weight is 629 g/mol. The molecule has 6 nitrogen and oxygen atoms in total. The van der Waals surface area contributed by atoms with Gasteiger partial charge in [-0.3, -0.25) is 0 Å². The van der Waals surface area contributed by atoms with Crippen LogP contribution in [0.1, 0.15) is 125 Å². The monoisotopic (exact) mass is 628 g/mol. The molecule has 0 heterocycles. The molecule has 0 amide bonds. The first kappa shape index (κ1) is 36.2. The van der Waals surface area contributed by atoms with Crippen LogP contribution >= 0.6 is 0 Å². The van der Waals surface area contributed by atoms with Crippen LogP contribution in [-0.4, -0.2) is 49.1 Å². The highest BCUT2D eigenvalue weighted by Crippen LogP contribution is 2.68. The first-order chi connectivity index (χ1) is 21.3. The summed E-state index contributed by atoms with van der Waals surface area (Å²) in [7, 11) is 0. The molecule has 4 saturated carbocycles. The number of ether oxygens (including phenoxy) is 3. The van der Waals surface area contributed by atoms with Gasteiger partial charge in [-0.2, -0.15) is 0 Å². The lowest BCUT2D eigenvalue weighted by Crippen LogP contribution is -2.54. The fourth-order valence-corrected chi connectivity index (χ4v) is 10.5. The van der Waals surface area contributed by atoms with Gasteiger partial charge in [-0.25, -0.2) is 9.59 Å². The highest BCUT2D eigenvalue weighted by Gasteiger charge is 2.60. The van der Waals surface area contributed by atoms with E-state index < -0.39 is 24.6 Å². The smallest absolute Gasteiger partial charge is 0.335 e. The molecule has 0 aromatic rings. The summed E-state index contributed by atoms with van der Waals surface area (Å²) >= 11 is 0. The van der Waals surface area contributed by atoms with Gasteiger partial charge >= 0.3 is 11.9 Å². The molecule has 4 fully saturated rings. The Bertz CT molecular complexity index is 1050. The van der Waals surface area contributed by atoms with Gasteiger partial charge in [0.2, 0.25) is 0 Å². The molecular formula is C39H64O6. The van der Waals surface area contributed by atoms with Gasteiger partial charge in [-0.15, -0.1) is 0 Å². The molecule has 4 aliphatic rings. The van der Waals surface area contributed by atoms with Gasteiger partial charge < -0.3 is 19.3 Å². The Labute approximate surface area is 274 Å². The fraction of sp³-hybridized carbons (Fsp3) is 0.846. The van der Waals surface area contributed by atoms with Crippen LogP contribution < -0.4 is 0 Å². The fourth-order valence-electron chi connectivity index (χ4n) is 10.5. The summed E-state index contributed by atoms with van der Waals surface area (Å²) in [4.78, 5) is 24.2. The molecule has 0 aromatic carbocycles. The molecule has 256 valence electrons. The van der Waals surface area contributed by atoms with Crippen LogP contribution in [0.25, 0.3) is 0 Å². The van der Waals surface area contributed by atoms with E-state index in [1.54, 1.807) is 6.92 Å². The topological polar surface area (TPSA) is 82.1 Å². The number of aliphatic hydroxyl groups excluding tert-OH is 1. The summed E-state index contributed by atoms with van der Waals surface area (Å²) in [6.07, 6.45) is 16.0. The highest BCUT2D eigenvalue weighted by atomic mass is 16.6. The first-order valence-electron chi connectivity index (χ1n) is 18.2. The zero-order chi connectivity index (χ0) is 32.9. The van der Waals surface area contributed by atoms with Gasteiger partial charge in [0, 0.05) is 12.0 Å². The van der Waals surface area contributed by atoms with Crippen molar-refractivity contribution in [1.82, 2.24) is 0 Å². The molecule has 6 heteroatoms. The van der Waals surface area contributed by atoms with Crippen LogP contribution in [0.3, 0.4) is 0 Å². The molecular weight excluding hydrogens is 564 g/mol. The van der Waals surface area contributed by atoms with Crippen molar-refractivity contribution in [3.8, 4) is 0 Å². The molecule has 0 radical (unpaired) electrons. The minimum atomic E-state index is -0.690. The number of aliphatic hydroxyl groups is 1. The maximum atomic E-state index is 12.2. The lowest BCUT2D eigenvalue weighted by atomic mass is 9.44. The second-order valence-electron chi connectivity index (χ2n) is 16.4. The van der Waals surface area contributed by atoms with E-state index >= 15 is 0 Å². The first-order valence-corrected chi connectivity index (χ1v) is 18.2. The number of hydrogen-bond acceptors (Lipinski definition) is 6. The van der Waals surface area contributed by atoms with Crippen molar-refractivity contribution in [3.63, 3.8) is 0 Å². The predicted octanol–water partition coefficient (Wildman–Crippen LogP) is 8.46. The summed E-state index contributed by atoms with van der Waals surface area (Å²) in [6.45, 7) is 21.2. The quantitative estimate of drug-likeness (QED) is 0.145. The Morgan fingerprint density at radius 3 is 2.29 bits per heavy atom. The van der Waals surface area contributed by atoms with Crippen LogP contribution in [0, 0.1) is 52.3 Å². The van der Waals surface area contributed by atoms with Crippen molar-refractivity contribution in [1.29, 1.82) is 0 Å². The molecule has 0 bridgehead atoms. The molecule has 0 spiro atoms. The van der Waals surface area contributed by atoms with E-state index in [2.05, 4.69) is 47.8 Å². The largest absolute Gasteiger partial charge is 0.458 e. The third-order valence-electron chi connectivity index (χ3n) is 13.1. The van der Waals surface area contributed by atoms with Gasteiger partial charge in [0.25, 0.3) is 0 Å². The number of esters is 2. The maximum Gasteiger partial charge on any atom is 0.335 e. The molecule has 0 saturated heterocycles. The Hall–Kier alpha value is -1.66. The summed E-state index contributed by atoms with van der Waals surface area (Å²) in [5.41, 5.74) is 1.21. The minimum Gasteiger partial charge on any atom is -0.458 e. The standard InChI is InChI=1S/C39H64O6/c1-25(2)10-9-11-27(5)33-14-15-34-32-13-12-29-22-30(16-19-38(29,7)35(32)17-20-39(33,34)8)43-21-18-31(45-36(41)26(3)4)24-44-37(42)28(6)23-40/h25,27,29-35,40H,3,6,9-24H2,1-2,4-5,7-8H3/t27-,29?,30+,31?,32?,33-,34?,35?,38+,39-/m1/s1. The average Bonchev–Trinajstić information content (AvgIpc) is 3.36. The highest BCUT2D eigenvalue weighted by molar-refractivity contribution is 5.88. The third kappa shape index (κ3) is 8.26. The van der Waals surface area contributed by atoms with Gasteiger partial charge in [0.05, 0.1) is 24.9 Å². The van der Waals surface area contributed by atoms with Crippen LogP contribution in [0.5, 0.6) is 0 Å². The number of hydrogen-bond donors (Lipinski definition) is 1. The van der Waals surface area contributed by atoms with Crippen LogP contribution in [0.4, 0.5) is 0 Å². The van der Waals surface area contributed by atoms with Crippen molar-refractivity contribution in [3.05, 3.63) is 24.3 Å². The lowest BCUT2D eigenvalue weighted by molar-refractivity contribution is -0.157. The predicted molar refractivity (Wildman–Crippen MR) is 179 cm³/mol. The second-order valence-corrected chi connectivity index (χ2v) is 16.4. The summed E-state index contributed by atoms with van der Waals surface area (Å²) in [5, 5.41) is 9.14. The Balaban J connectivity index is 1.30. The third-order valence-corrected chi connectivity index (χ3v) is 13.1. The van der Waals surface area contributed by atoms with Gasteiger partial charge in [0.1, 0.15) is 12.7 Å². The zero-order valence-electron chi connectivity index (χ0n) is 29.4. The number of carbonyl (C=O) groups excluding carboxylic acids is 2. The summed E-state index contributed by atoms with van der Waals surface area (Å²) < 4.78 is 17.2. The number of rotatable bonds is 15. The molecule has 10 atom stereocenters. The van der Waals surface area contributed by atoms with Crippen molar-refractivity contribution >= 4 is 11.9 Å². The Morgan fingerprint density at radius 1 is 0.889 bits per heavy atom. The summed E-state index contributed by atoms with van der Waals surface area (Å²) in [6, 6.07) is 0. The maximum absolute atomic E-state index is 12.2. The van der Waals surface area contributed by atoms with Gasteiger partial charge in [-0.05, 0) is 117 Å². The number of fused-ring (bicyclic) bond motifs is 5. The van der Waals surface area contributed by atoms with E-state index in [4.69, 9.17) is 19.3 Å². The molecule has 5 unspecified atom stereocenters. The van der Waals surface area contributed by atoms with E-state index in [1.165, 1.54) is 64.2 Å². The number of carbonyl (C=O) groups is 2. The van der Waals surface area contributed by atoms with Gasteiger partial charge in [-0.1, -0.05) is 67.0 Å². The van der Waals surface area contributed by atoms with Crippen molar-refractivity contribution in [2.24, 2.45) is 52.3 Å². The summed E-state index contributed by atoms with van der Waals surface area (Å²) in [5.74, 6) is 4.72. The van der Waals surface area contributed by atoms with E-state index in [0.29, 0.717) is 35.3 Å². The van der Waals surface area contributed by atoms with E-state index in [1.807, 2.05) is 0 Å². The molecule has 4 aliphatic carbocycles. The van der Waals surface area contributed by atoms with Crippen LogP contribution in [0.15, 0.2) is 24.3 Å². The van der Waals surface area contributed by atoms with Crippen LogP contribution in [0.2, 0.25) is 0 Å². The molecule has 45 heavy (non-hydrogen) atoms. The van der Waals surface area contributed by atoms with Crippen molar-refractivity contribution in [2.75, 3.05) is 19.8 Å². The molecule has 0 aromatic heterocycles. The zero-order valence-corrected chi connectivity index (χ0v) is 29.4. The lowest BCUT2D eigenvalue weighted by Gasteiger charge is -2.61. The van der Waals surface area contributed by atoms with Crippen LogP contribution in [-0.2, 0) is 23.8 Å². The minimum absolute atomic E-state index is 0.0294. The van der Waals surface area contributed by atoms with E-state index in [-0.39, 0.29) is 18.3 Å². The molecule has 0 aliphatic heterocycles. The molecule has 4 rings (SSSR count). The van der Waals surface area contributed by atoms with Crippen molar-refractivity contribution < 1.29 is 28.9 Å².